The van der Waals surface area contributed by atoms with E-state index < -0.39 is 11.3 Å². The third-order valence-electron chi connectivity index (χ3n) is 4.81. The van der Waals surface area contributed by atoms with Crippen LogP contribution < -0.4 is 10.3 Å². The minimum atomic E-state index is -0.623. The SMILES string of the molecule is COc1ccc(-n2c(-c3ccccc3)ccc(C(=O)C(=CO)Sc3ncccn3)c2=O)cc1. The van der Waals surface area contributed by atoms with Gasteiger partial charge in [-0.2, -0.15) is 0 Å². The number of thioether (sulfide) groups is 1. The van der Waals surface area contributed by atoms with Gasteiger partial charge in [-0.25, -0.2) is 9.97 Å². The van der Waals surface area contributed by atoms with E-state index in [0.717, 1.165) is 17.3 Å². The third kappa shape index (κ3) is 4.70. The van der Waals surface area contributed by atoms with Gasteiger partial charge in [0.05, 0.1) is 29.5 Å². The average molecular weight is 458 g/mol. The number of hydrogen-bond acceptors (Lipinski definition) is 7. The van der Waals surface area contributed by atoms with E-state index in [-0.39, 0.29) is 15.6 Å². The number of aliphatic hydroxyl groups is 1. The van der Waals surface area contributed by atoms with Crippen LogP contribution in [0.5, 0.6) is 5.75 Å². The van der Waals surface area contributed by atoms with E-state index in [1.807, 2.05) is 30.3 Å². The zero-order valence-electron chi connectivity index (χ0n) is 17.6. The second kappa shape index (κ2) is 9.97. The largest absolute Gasteiger partial charge is 0.514 e. The molecule has 2 aromatic heterocycles. The Bertz CT molecular complexity index is 1350. The molecule has 0 saturated carbocycles. The highest BCUT2D eigenvalue weighted by Crippen LogP contribution is 2.27. The van der Waals surface area contributed by atoms with Gasteiger partial charge < -0.3 is 9.84 Å². The lowest BCUT2D eigenvalue weighted by Crippen LogP contribution is -2.26. The number of ketones is 1. The lowest BCUT2D eigenvalue weighted by atomic mass is 10.1. The van der Waals surface area contributed by atoms with Crippen LogP contribution in [-0.2, 0) is 0 Å². The monoisotopic (exact) mass is 457 g/mol. The summed E-state index contributed by atoms with van der Waals surface area (Å²) < 4.78 is 6.70. The molecule has 7 nitrogen and oxygen atoms in total. The van der Waals surface area contributed by atoms with E-state index in [1.165, 1.54) is 23.0 Å². The Morgan fingerprint density at radius 1 is 0.970 bits per heavy atom. The fourth-order valence-corrected chi connectivity index (χ4v) is 3.91. The van der Waals surface area contributed by atoms with Gasteiger partial charge in [-0.05, 0) is 59.8 Å². The number of rotatable bonds is 7. The molecule has 0 aliphatic carbocycles. The summed E-state index contributed by atoms with van der Waals surface area (Å²) >= 11 is 0.882. The second-order valence-corrected chi connectivity index (χ2v) is 7.80. The van der Waals surface area contributed by atoms with Crippen molar-refractivity contribution in [2.75, 3.05) is 7.11 Å². The molecule has 8 heteroatoms. The van der Waals surface area contributed by atoms with E-state index >= 15 is 0 Å². The first-order chi connectivity index (χ1) is 16.1. The Morgan fingerprint density at radius 2 is 1.67 bits per heavy atom. The van der Waals surface area contributed by atoms with Crippen molar-refractivity contribution in [2.45, 2.75) is 5.16 Å². The Morgan fingerprint density at radius 3 is 2.30 bits per heavy atom. The van der Waals surface area contributed by atoms with Gasteiger partial charge in [0.2, 0.25) is 5.78 Å². The first-order valence-corrected chi connectivity index (χ1v) is 10.7. The molecular formula is C25H19N3O4S. The minimum Gasteiger partial charge on any atom is -0.514 e. The molecule has 2 heterocycles. The summed E-state index contributed by atoms with van der Waals surface area (Å²) in [7, 11) is 1.56. The Balaban J connectivity index is 1.83. The van der Waals surface area contributed by atoms with Crippen LogP contribution in [-0.4, -0.2) is 32.5 Å². The molecule has 164 valence electrons. The molecule has 0 amide bonds. The molecule has 1 N–H and O–H groups in total. The van der Waals surface area contributed by atoms with E-state index in [9.17, 15) is 14.7 Å². The van der Waals surface area contributed by atoms with Crippen molar-refractivity contribution < 1.29 is 14.6 Å². The first kappa shape index (κ1) is 22.0. The van der Waals surface area contributed by atoms with Gasteiger partial charge in [-0.3, -0.25) is 14.2 Å². The topological polar surface area (TPSA) is 94.3 Å². The van der Waals surface area contributed by atoms with Crippen molar-refractivity contribution in [3.05, 3.63) is 112 Å². The van der Waals surface area contributed by atoms with Crippen LogP contribution in [0, 0.1) is 0 Å². The van der Waals surface area contributed by atoms with Crippen LogP contribution in [0.3, 0.4) is 0 Å². The maximum atomic E-state index is 13.6. The number of nitrogens with zero attached hydrogens (tertiary/aromatic N) is 3. The zero-order valence-corrected chi connectivity index (χ0v) is 18.4. The molecule has 0 aliphatic heterocycles. The van der Waals surface area contributed by atoms with E-state index in [2.05, 4.69) is 9.97 Å². The number of pyridine rings is 1. The number of methoxy groups -OCH3 is 1. The molecule has 0 unspecified atom stereocenters. The fourth-order valence-electron chi connectivity index (χ4n) is 3.23. The lowest BCUT2D eigenvalue weighted by Gasteiger charge is -2.15. The van der Waals surface area contributed by atoms with Gasteiger partial charge >= 0.3 is 0 Å². The molecule has 0 atom stereocenters. The summed E-state index contributed by atoms with van der Waals surface area (Å²) in [5.74, 6) is 0.0203. The third-order valence-corrected chi connectivity index (χ3v) is 5.72. The molecule has 0 spiro atoms. The van der Waals surface area contributed by atoms with Crippen LogP contribution in [0.2, 0.25) is 0 Å². The number of hydrogen-bond donors (Lipinski definition) is 1. The molecule has 0 saturated heterocycles. The van der Waals surface area contributed by atoms with Gasteiger partial charge in [0.25, 0.3) is 5.56 Å². The molecule has 0 radical (unpaired) electrons. The number of ether oxygens (including phenoxy) is 1. The normalized spacial score (nSPS) is 11.2. The highest BCUT2D eigenvalue weighted by Gasteiger charge is 2.22. The molecule has 33 heavy (non-hydrogen) atoms. The van der Waals surface area contributed by atoms with Gasteiger partial charge in [0, 0.05) is 18.1 Å². The van der Waals surface area contributed by atoms with Crippen LogP contribution in [0.1, 0.15) is 10.4 Å². The van der Waals surface area contributed by atoms with Crippen LogP contribution >= 0.6 is 11.8 Å². The standard InChI is InChI=1S/C25H19N3O4S/c1-32-19-10-8-18(9-11-19)28-21(17-6-3-2-4-7-17)13-12-20(24(28)31)23(30)22(16-29)33-25-26-14-5-15-27-25/h2-16,29H,1H3. The van der Waals surface area contributed by atoms with E-state index in [4.69, 9.17) is 4.74 Å². The van der Waals surface area contributed by atoms with Gasteiger partial charge in [0.1, 0.15) is 5.75 Å². The number of aliphatic hydroxyl groups excluding tert-OH is 1. The summed E-state index contributed by atoms with van der Waals surface area (Å²) in [5, 5.41) is 9.98. The summed E-state index contributed by atoms with van der Waals surface area (Å²) in [6, 6.07) is 21.2. The number of carbonyl (C=O) groups excluding carboxylic acids is 1. The smallest absolute Gasteiger partial charge is 0.266 e. The Labute approximate surface area is 194 Å². The van der Waals surface area contributed by atoms with Crippen molar-refractivity contribution in [3.8, 4) is 22.7 Å². The average Bonchev–Trinajstić information content (AvgIpc) is 2.88. The Hall–Kier alpha value is -4.17. The second-order valence-electron chi connectivity index (χ2n) is 6.79. The molecule has 4 aromatic rings. The highest BCUT2D eigenvalue weighted by molar-refractivity contribution is 8.03. The molecule has 2 aromatic carbocycles. The minimum absolute atomic E-state index is 0.0629. The predicted molar refractivity (Wildman–Crippen MR) is 127 cm³/mol. The first-order valence-electron chi connectivity index (χ1n) is 9.92. The summed E-state index contributed by atoms with van der Waals surface area (Å²) in [6.45, 7) is 0. The Kier molecular flexibility index (Phi) is 6.66. The number of allylic oxidation sites excluding steroid dienone is 1. The predicted octanol–water partition coefficient (Wildman–Crippen LogP) is 4.68. The van der Waals surface area contributed by atoms with Crippen molar-refractivity contribution in [1.82, 2.24) is 14.5 Å². The van der Waals surface area contributed by atoms with Crippen LogP contribution in [0.15, 0.2) is 106 Å². The molecule has 0 bridgehead atoms. The maximum Gasteiger partial charge on any atom is 0.266 e. The number of Topliss-reactive ketones (excluding diaryl/α,β-unsaturated/α-hetero) is 1. The highest BCUT2D eigenvalue weighted by atomic mass is 32.2. The molecule has 0 aliphatic rings. The number of aromatic nitrogens is 3. The molecular weight excluding hydrogens is 438 g/mol. The summed E-state index contributed by atoms with van der Waals surface area (Å²) in [5.41, 5.74) is 1.41. The summed E-state index contributed by atoms with van der Waals surface area (Å²) in [4.78, 5) is 34.8. The van der Waals surface area contributed by atoms with Crippen LogP contribution in [0.25, 0.3) is 16.9 Å². The van der Waals surface area contributed by atoms with E-state index in [0.29, 0.717) is 23.4 Å². The maximum absolute atomic E-state index is 13.6. The zero-order chi connectivity index (χ0) is 23.2. The quantitative estimate of drug-likeness (QED) is 0.142. The number of benzene rings is 2. The van der Waals surface area contributed by atoms with Gasteiger partial charge in [-0.1, -0.05) is 30.3 Å². The van der Waals surface area contributed by atoms with Gasteiger partial charge in [-0.15, -0.1) is 0 Å². The van der Waals surface area contributed by atoms with Crippen molar-refractivity contribution in [1.29, 1.82) is 0 Å². The summed E-state index contributed by atoms with van der Waals surface area (Å²) in [6.07, 6.45) is 3.73. The molecule has 4 rings (SSSR count). The van der Waals surface area contributed by atoms with Crippen molar-refractivity contribution in [2.24, 2.45) is 0 Å². The van der Waals surface area contributed by atoms with Crippen molar-refractivity contribution >= 4 is 17.5 Å². The molecule has 0 fully saturated rings. The number of carbonyl (C=O) groups is 1. The van der Waals surface area contributed by atoms with Gasteiger partial charge in [0.15, 0.2) is 5.16 Å². The van der Waals surface area contributed by atoms with E-state index in [1.54, 1.807) is 43.5 Å². The van der Waals surface area contributed by atoms with Crippen LogP contribution in [0.4, 0.5) is 0 Å². The lowest BCUT2D eigenvalue weighted by molar-refractivity contribution is 0.103. The fraction of sp³-hybridized carbons (Fsp3) is 0.0400. The van der Waals surface area contributed by atoms with Crippen molar-refractivity contribution in [3.63, 3.8) is 0 Å².